The van der Waals surface area contributed by atoms with E-state index >= 15 is 0 Å². The van der Waals surface area contributed by atoms with Crippen LogP contribution in [0.25, 0.3) is 33.3 Å². The zero-order valence-electron chi connectivity index (χ0n) is 14.6. The van der Waals surface area contributed by atoms with Crippen molar-refractivity contribution >= 4 is 50.2 Å². The third-order valence-corrected chi connectivity index (χ3v) is 3.88. The van der Waals surface area contributed by atoms with Gasteiger partial charge in [0.1, 0.15) is 5.82 Å². The van der Waals surface area contributed by atoms with E-state index in [9.17, 15) is 0 Å². The van der Waals surface area contributed by atoms with Crippen molar-refractivity contribution in [1.82, 2.24) is 14.5 Å². The molecule has 0 amide bonds. The van der Waals surface area contributed by atoms with Crippen molar-refractivity contribution in [2.45, 2.75) is 6.54 Å². The molecule has 2 aromatic heterocycles. The summed E-state index contributed by atoms with van der Waals surface area (Å²) in [6.45, 7) is 1.31. The molecule has 2 heterocycles. The molecule has 27 heavy (non-hydrogen) atoms. The van der Waals surface area contributed by atoms with Gasteiger partial charge in [0, 0.05) is 30.2 Å². The van der Waals surface area contributed by atoms with Gasteiger partial charge >= 0.3 is 42.4 Å². The van der Waals surface area contributed by atoms with Crippen molar-refractivity contribution in [2.75, 3.05) is 6.54 Å². The van der Waals surface area contributed by atoms with Crippen LogP contribution in [0.2, 0.25) is 0 Å². The predicted octanol–water partition coefficient (Wildman–Crippen LogP) is 5.73. The third-order valence-electron chi connectivity index (χ3n) is 3.88. The average Bonchev–Trinajstić information content (AvgIpc) is 3.00. The van der Waals surface area contributed by atoms with E-state index in [0.717, 1.165) is 39.9 Å². The van der Waals surface area contributed by atoms with E-state index in [2.05, 4.69) is 33.8 Å². The second kappa shape index (κ2) is 10.4. The van der Waals surface area contributed by atoms with Gasteiger partial charge in [-0.2, -0.15) is 0 Å². The summed E-state index contributed by atoms with van der Waals surface area (Å²) in [7, 11) is 14.9. The van der Waals surface area contributed by atoms with Gasteiger partial charge in [-0.3, -0.25) is 4.98 Å². The monoisotopic (exact) mass is 603 g/mol. The molecule has 0 unspecified atom stereocenters. The number of aromatic nitrogens is 3. The number of nitrogens with two attached hydrogens (primary N) is 1. The van der Waals surface area contributed by atoms with E-state index in [4.69, 9.17) is 39.0 Å². The quantitative estimate of drug-likeness (QED) is 0.304. The van der Waals surface area contributed by atoms with E-state index in [1.807, 2.05) is 36.5 Å². The van der Waals surface area contributed by atoms with Crippen molar-refractivity contribution in [2.24, 2.45) is 5.73 Å². The van der Waals surface area contributed by atoms with Crippen LogP contribution in [0.15, 0.2) is 60.8 Å². The summed E-state index contributed by atoms with van der Waals surface area (Å²) < 4.78 is 2.18. The van der Waals surface area contributed by atoms with Crippen LogP contribution >= 0.6 is 28.3 Å². The molecule has 0 aliphatic heterocycles. The molecular formula is C19H19Cl3N4Pt-. The fourth-order valence-corrected chi connectivity index (χ4v) is 2.92. The van der Waals surface area contributed by atoms with Gasteiger partial charge in [-0.15, -0.1) is 0 Å². The normalized spacial score (nSPS) is 10.9. The first kappa shape index (κ1) is 22.1. The second-order valence-electron chi connectivity index (χ2n) is 5.38. The number of hydrogen-bond donors (Lipinski definition) is 1. The Bertz CT molecular complexity index is 1010. The van der Waals surface area contributed by atoms with Gasteiger partial charge in [0.25, 0.3) is 0 Å². The Balaban J connectivity index is 0.000000479. The summed E-state index contributed by atoms with van der Waals surface area (Å²) in [4.78, 5) is 9.36. The zero-order chi connectivity index (χ0) is 18.5. The summed E-state index contributed by atoms with van der Waals surface area (Å²) in [5.41, 5.74) is 9.91. The van der Waals surface area contributed by atoms with E-state index < -0.39 is 14.2 Å². The molecule has 8 heteroatoms. The molecule has 0 bridgehead atoms. The number of halogens is 3. The standard InChI is InChI=1S/C18H16N4.CH3.3ClH.Pt/c19-10-12-22-16-9-2-1-8-15(16)21-18(22)14-7-3-5-13-6-4-11-20-17(13)14;;;;;/h1-9,11H,10,12,19H2;1H3;3*1H;/q;-1;;;;+3/p-3. The number of para-hydroxylation sites is 3. The van der Waals surface area contributed by atoms with Crippen LogP contribution in [0.3, 0.4) is 0 Å². The molecule has 4 nitrogen and oxygen atoms in total. The fourth-order valence-electron chi connectivity index (χ4n) is 2.92. The van der Waals surface area contributed by atoms with Crippen LogP contribution in [-0.4, -0.2) is 21.1 Å². The first-order valence-corrected chi connectivity index (χ1v) is 16.2. The van der Waals surface area contributed by atoms with E-state index in [1.165, 1.54) is 0 Å². The number of pyridine rings is 1. The van der Waals surface area contributed by atoms with Gasteiger partial charge in [-0.25, -0.2) is 4.98 Å². The molecule has 2 N–H and O–H groups in total. The summed E-state index contributed by atoms with van der Waals surface area (Å²) >= 11 is -1.85. The van der Waals surface area contributed by atoms with Crippen molar-refractivity contribution in [1.29, 1.82) is 0 Å². The Morgan fingerprint density at radius 1 is 0.963 bits per heavy atom. The molecule has 4 rings (SSSR count). The SMILES string of the molecule is NCCn1c(-c2cccc3cccnc23)nc2ccccc21.[CH3-].[Cl][Pt]([Cl])[Cl]. The maximum absolute atomic E-state index is 5.81. The van der Waals surface area contributed by atoms with Crippen LogP contribution in [0.4, 0.5) is 0 Å². The number of benzene rings is 2. The van der Waals surface area contributed by atoms with Gasteiger partial charge in [-0.1, -0.05) is 30.3 Å². The predicted molar refractivity (Wildman–Crippen MR) is 113 cm³/mol. The van der Waals surface area contributed by atoms with Crippen molar-refractivity contribution in [3.8, 4) is 11.4 Å². The minimum absolute atomic E-state index is 0. The van der Waals surface area contributed by atoms with Crippen LogP contribution < -0.4 is 5.73 Å². The molecule has 0 atom stereocenters. The summed E-state index contributed by atoms with van der Waals surface area (Å²) in [5.74, 6) is 0.927. The van der Waals surface area contributed by atoms with Crippen molar-refractivity contribution in [3.05, 3.63) is 68.2 Å². The fraction of sp³-hybridized carbons (Fsp3) is 0.105. The summed E-state index contributed by atoms with van der Waals surface area (Å²) in [6.07, 6.45) is 1.82. The molecule has 147 valence electrons. The van der Waals surface area contributed by atoms with Gasteiger partial charge in [0.05, 0.1) is 16.6 Å². The minimum atomic E-state index is -1.85. The van der Waals surface area contributed by atoms with Crippen LogP contribution in [0.5, 0.6) is 0 Å². The Hall–Kier alpha value is -1.16. The molecule has 0 radical (unpaired) electrons. The number of imidazole rings is 1. The number of fused-ring (bicyclic) bond motifs is 2. The molecule has 0 saturated heterocycles. The van der Waals surface area contributed by atoms with E-state index in [0.29, 0.717) is 6.54 Å². The molecule has 4 aromatic rings. The summed E-state index contributed by atoms with van der Waals surface area (Å²) in [6, 6.07) is 18.4. The van der Waals surface area contributed by atoms with Gasteiger partial charge in [-0.05, 0) is 24.3 Å². The average molecular weight is 605 g/mol. The van der Waals surface area contributed by atoms with Crippen LogP contribution in [-0.2, 0) is 20.7 Å². The van der Waals surface area contributed by atoms with Gasteiger partial charge in [0.15, 0.2) is 0 Å². The Morgan fingerprint density at radius 2 is 1.67 bits per heavy atom. The molecule has 0 fully saturated rings. The van der Waals surface area contributed by atoms with Crippen molar-refractivity contribution < 1.29 is 14.2 Å². The Labute approximate surface area is 176 Å². The number of nitrogens with zero attached hydrogens (tertiary/aromatic N) is 3. The second-order valence-corrected chi connectivity index (χ2v) is 15.2. The third kappa shape index (κ3) is 5.22. The number of rotatable bonds is 3. The Kier molecular flexibility index (Phi) is 8.53. The summed E-state index contributed by atoms with van der Waals surface area (Å²) in [5, 5.41) is 1.12. The first-order valence-electron chi connectivity index (χ1n) is 7.74. The zero-order valence-corrected chi connectivity index (χ0v) is 19.1. The molecule has 2 aromatic carbocycles. The molecule has 0 aliphatic carbocycles. The molecule has 0 saturated carbocycles. The van der Waals surface area contributed by atoms with E-state index in [1.54, 1.807) is 0 Å². The maximum atomic E-state index is 5.81. The topological polar surface area (TPSA) is 56.7 Å². The number of hydrogen-bond acceptors (Lipinski definition) is 3. The molecule has 0 aliphatic rings. The van der Waals surface area contributed by atoms with Crippen LogP contribution in [0.1, 0.15) is 0 Å². The van der Waals surface area contributed by atoms with E-state index in [-0.39, 0.29) is 7.43 Å². The van der Waals surface area contributed by atoms with Gasteiger partial charge in [0.2, 0.25) is 0 Å². The Morgan fingerprint density at radius 3 is 2.41 bits per heavy atom. The first-order chi connectivity index (χ1) is 12.6. The van der Waals surface area contributed by atoms with Crippen LogP contribution in [0, 0.1) is 7.43 Å². The van der Waals surface area contributed by atoms with Crippen molar-refractivity contribution in [3.63, 3.8) is 0 Å². The molecular weight excluding hydrogens is 586 g/mol. The van der Waals surface area contributed by atoms with Gasteiger partial charge < -0.3 is 17.7 Å². The molecule has 0 spiro atoms.